The van der Waals surface area contributed by atoms with E-state index in [0.717, 1.165) is 33.2 Å². The summed E-state index contributed by atoms with van der Waals surface area (Å²) in [7, 11) is 1.70. The minimum absolute atomic E-state index is 0.782. The molecule has 0 spiro atoms. The average molecular weight is 324 g/mol. The molecule has 0 saturated heterocycles. The summed E-state index contributed by atoms with van der Waals surface area (Å²) < 4.78 is 5.46. The summed E-state index contributed by atoms with van der Waals surface area (Å²) in [6, 6.07) is 19.0. The lowest BCUT2D eigenvalue weighted by atomic mass is 9.93. The molecule has 0 aliphatic heterocycles. The maximum Gasteiger partial charge on any atom is 0.125 e. The van der Waals surface area contributed by atoms with E-state index in [4.69, 9.17) is 9.72 Å². The van der Waals surface area contributed by atoms with E-state index >= 15 is 0 Å². The first-order valence-corrected chi connectivity index (χ1v) is 8.31. The second-order valence-corrected chi connectivity index (χ2v) is 6.30. The Morgan fingerprint density at radius 3 is 2.52 bits per heavy atom. The van der Waals surface area contributed by atoms with Crippen LogP contribution in [0, 0.1) is 6.92 Å². The van der Waals surface area contributed by atoms with Crippen LogP contribution in [0.4, 0.5) is 0 Å². The third-order valence-corrected chi connectivity index (χ3v) is 4.88. The first-order chi connectivity index (χ1) is 12.3. The highest BCUT2D eigenvalue weighted by Gasteiger charge is 2.13. The van der Waals surface area contributed by atoms with E-state index in [1.54, 1.807) is 7.11 Å². The van der Waals surface area contributed by atoms with Crippen LogP contribution in [0.3, 0.4) is 0 Å². The summed E-state index contributed by atoms with van der Waals surface area (Å²) in [6.45, 7) is 1.93. The second kappa shape index (κ2) is 5.15. The second-order valence-electron chi connectivity index (χ2n) is 6.30. The van der Waals surface area contributed by atoms with Crippen molar-refractivity contribution in [1.82, 2.24) is 9.97 Å². The Morgan fingerprint density at radius 1 is 0.800 bits per heavy atom. The van der Waals surface area contributed by atoms with Crippen molar-refractivity contribution in [2.75, 3.05) is 7.11 Å². The maximum absolute atomic E-state index is 5.46. The molecule has 0 unspecified atom stereocenters. The molecule has 5 aromatic rings. The third-order valence-electron chi connectivity index (χ3n) is 4.88. The van der Waals surface area contributed by atoms with Crippen LogP contribution in [0.2, 0.25) is 0 Å². The molecule has 1 heterocycles. The molecule has 0 N–H and O–H groups in total. The van der Waals surface area contributed by atoms with Crippen molar-refractivity contribution >= 4 is 43.2 Å². The topological polar surface area (TPSA) is 35.0 Å². The van der Waals surface area contributed by atoms with E-state index in [-0.39, 0.29) is 0 Å². The van der Waals surface area contributed by atoms with Gasteiger partial charge in [-0.1, -0.05) is 36.4 Å². The summed E-state index contributed by atoms with van der Waals surface area (Å²) in [5.74, 6) is 1.64. The van der Waals surface area contributed by atoms with Crippen molar-refractivity contribution in [2.24, 2.45) is 0 Å². The molecular formula is C22H16N2O. The lowest BCUT2D eigenvalue weighted by Gasteiger charge is -2.13. The van der Waals surface area contributed by atoms with Crippen LogP contribution in [0.5, 0.6) is 5.75 Å². The number of hydrogen-bond donors (Lipinski definition) is 0. The molecule has 0 aliphatic carbocycles. The molecule has 0 fully saturated rings. The van der Waals surface area contributed by atoms with Gasteiger partial charge >= 0.3 is 0 Å². The monoisotopic (exact) mass is 324 g/mol. The van der Waals surface area contributed by atoms with Gasteiger partial charge in [0.1, 0.15) is 11.6 Å². The molecule has 4 aromatic carbocycles. The molecule has 25 heavy (non-hydrogen) atoms. The highest BCUT2D eigenvalue weighted by Crippen LogP contribution is 2.38. The molecule has 0 aliphatic rings. The van der Waals surface area contributed by atoms with Crippen LogP contribution in [0.25, 0.3) is 43.2 Å². The van der Waals surface area contributed by atoms with E-state index in [1.165, 1.54) is 21.5 Å². The van der Waals surface area contributed by atoms with Crippen molar-refractivity contribution in [2.45, 2.75) is 6.92 Å². The lowest BCUT2D eigenvalue weighted by molar-refractivity contribution is 0.415. The van der Waals surface area contributed by atoms with Crippen LogP contribution in [-0.4, -0.2) is 17.1 Å². The van der Waals surface area contributed by atoms with Gasteiger partial charge in [0.15, 0.2) is 0 Å². The molecule has 0 amide bonds. The number of aromatic nitrogens is 2. The fourth-order valence-electron chi connectivity index (χ4n) is 3.72. The van der Waals surface area contributed by atoms with E-state index in [2.05, 4.69) is 53.5 Å². The molecular weight excluding hydrogens is 308 g/mol. The average Bonchev–Trinajstić information content (AvgIpc) is 2.67. The number of nitrogens with zero attached hydrogens (tertiary/aromatic N) is 2. The number of ether oxygens (including phenoxy) is 1. The van der Waals surface area contributed by atoms with Crippen molar-refractivity contribution in [1.29, 1.82) is 0 Å². The largest absolute Gasteiger partial charge is 0.497 e. The van der Waals surface area contributed by atoms with E-state index < -0.39 is 0 Å². The molecule has 0 saturated carbocycles. The van der Waals surface area contributed by atoms with Gasteiger partial charge in [-0.05, 0) is 46.7 Å². The standard InChI is InChI=1S/C22H16N2O/c1-13-23-12-20-21-16-6-4-3-5-14(16)7-9-17(21)19-11-15(25-2)8-10-18(19)22(20)24-13/h3-12H,1-2H3. The zero-order chi connectivity index (χ0) is 17.0. The van der Waals surface area contributed by atoms with Gasteiger partial charge < -0.3 is 4.74 Å². The fourth-order valence-corrected chi connectivity index (χ4v) is 3.72. The van der Waals surface area contributed by atoms with Gasteiger partial charge in [-0.15, -0.1) is 0 Å². The van der Waals surface area contributed by atoms with E-state index in [0.29, 0.717) is 0 Å². The SMILES string of the molecule is COc1ccc2c(c1)c1ccc3ccccc3c1c1cnc(C)nc21. The van der Waals surface area contributed by atoms with Gasteiger partial charge in [-0.2, -0.15) is 0 Å². The number of aryl methyl sites for hydroxylation is 1. The maximum atomic E-state index is 5.46. The van der Waals surface area contributed by atoms with Crippen LogP contribution in [-0.2, 0) is 0 Å². The van der Waals surface area contributed by atoms with Gasteiger partial charge in [-0.25, -0.2) is 9.97 Å². The Hall–Kier alpha value is -3.20. The molecule has 5 rings (SSSR count). The Morgan fingerprint density at radius 2 is 1.64 bits per heavy atom. The Bertz CT molecular complexity index is 1290. The molecule has 0 atom stereocenters. The van der Waals surface area contributed by atoms with Gasteiger partial charge in [0.05, 0.1) is 12.6 Å². The minimum Gasteiger partial charge on any atom is -0.497 e. The van der Waals surface area contributed by atoms with Gasteiger partial charge in [0, 0.05) is 22.4 Å². The Balaban J connectivity index is 2.16. The molecule has 120 valence electrons. The van der Waals surface area contributed by atoms with Gasteiger partial charge in [0.25, 0.3) is 0 Å². The number of fused-ring (bicyclic) bond motifs is 8. The first kappa shape index (κ1) is 14.2. The van der Waals surface area contributed by atoms with Gasteiger partial charge in [0.2, 0.25) is 0 Å². The predicted molar refractivity (Wildman–Crippen MR) is 103 cm³/mol. The first-order valence-electron chi connectivity index (χ1n) is 8.31. The zero-order valence-electron chi connectivity index (χ0n) is 14.1. The predicted octanol–water partition coefficient (Wildman–Crippen LogP) is 5.41. The summed E-state index contributed by atoms with van der Waals surface area (Å²) in [5, 5.41) is 8.23. The molecule has 3 nitrogen and oxygen atoms in total. The molecule has 1 aromatic heterocycles. The van der Waals surface area contributed by atoms with Crippen LogP contribution >= 0.6 is 0 Å². The van der Waals surface area contributed by atoms with Gasteiger partial charge in [-0.3, -0.25) is 0 Å². The zero-order valence-corrected chi connectivity index (χ0v) is 14.1. The quantitative estimate of drug-likeness (QED) is 0.387. The summed E-state index contributed by atoms with van der Waals surface area (Å²) in [5.41, 5.74) is 0.994. The third kappa shape index (κ3) is 1.99. The Kier molecular flexibility index (Phi) is 2.92. The number of rotatable bonds is 1. The summed E-state index contributed by atoms with van der Waals surface area (Å²) in [6.07, 6.45) is 1.95. The molecule has 3 heteroatoms. The lowest BCUT2D eigenvalue weighted by Crippen LogP contribution is -1.92. The minimum atomic E-state index is 0.782. The summed E-state index contributed by atoms with van der Waals surface area (Å²) in [4.78, 5) is 9.23. The smallest absolute Gasteiger partial charge is 0.125 e. The fraction of sp³-hybridized carbons (Fsp3) is 0.0909. The number of hydrogen-bond acceptors (Lipinski definition) is 3. The van der Waals surface area contributed by atoms with Crippen LogP contribution in [0.1, 0.15) is 5.82 Å². The Labute approximate surface area is 144 Å². The molecule has 0 radical (unpaired) electrons. The van der Waals surface area contributed by atoms with Crippen molar-refractivity contribution < 1.29 is 4.74 Å². The van der Waals surface area contributed by atoms with Crippen molar-refractivity contribution in [3.63, 3.8) is 0 Å². The summed E-state index contributed by atoms with van der Waals surface area (Å²) >= 11 is 0. The van der Waals surface area contributed by atoms with Crippen molar-refractivity contribution in [3.05, 3.63) is 66.6 Å². The highest BCUT2D eigenvalue weighted by atomic mass is 16.5. The van der Waals surface area contributed by atoms with Crippen molar-refractivity contribution in [3.8, 4) is 5.75 Å². The highest BCUT2D eigenvalue weighted by molar-refractivity contribution is 6.30. The normalized spacial score (nSPS) is 11.6. The van der Waals surface area contributed by atoms with E-state index in [1.807, 2.05) is 19.2 Å². The van der Waals surface area contributed by atoms with Crippen LogP contribution < -0.4 is 4.74 Å². The molecule has 0 bridgehead atoms. The van der Waals surface area contributed by atoms with E-state index in [9.17, 15) is 0 Å². The number of benzene rings is 4. The van der Waals surface area contributed by atoms with Crippen LogP contribution in [0.15, 0.2) is 60.8 Å². The number of methoxy groups -OCH3 is 1.